The molecule has 0 aliphatic carbocycles. The van der Waals surface area contributed by atoms with Gasteiger partial charge in [0.25, 0.3) is 0 Å². The third kappa shape index (κ3) is 3.65. The molecule has 2 aromatic rings. The molecule has 0 saturated carbocycles. The number of hydrogen-bond acceptors (Lipinski definition) is 3. The van der Waals surface area contributed by atoms with Gasteiger partial charge in [-0.15, -0.1) is 0 Å². The highest BCUT2D eigenvalue weighted by Crippen LogP contribution is 2.34. The van der Waals surface area contributed by atoms with E-state index in [1.54, 1.807) is 15.9 Å². The van der Waals surface area contributed by atoms with Gasteiger partial charge in [0.1, 0.15) is 12.4 Å². The Kier molecular flexibility index (Phi) is 4.79. The smallest absolute Gasteiger partial charge is 0.410 e. The van der Waals surface area contributed by atoms with Crippen molar-refractivity contribution in [3.8, 4) is 0 Å². The zero-order chi connectivity index (χ0) is 18.8. The largest absolute Gasteiger partial charge is 0.445 e. The van der Waals surface area contributed by atoms with Gasteiger partial charge in [-0.25, -0.2) is 9.18 Å². The number of anilines is 1. The summed E-state index contributed by atoms with van der Waals surface area (Å²) in [5.74, 6) is -0.337. The van der Waals surface area contributed by atoms with Crippen LogP contribution in [0, 0.1) is 5.82 Å². The first-order valence-electron chi connectivity index (χ1n) is 9.18. The number of carbonyl (C=O) groups excluding carboxylic acids is 2. The summed E-state index contributed by atoms with van der Waals surface area (Å²) in [6.07, 6.45) is 1.29. The third-order valence-electron chi connectivity index (χ3n) is 5.21. The Morgan fingerprint density at radius 3 is 2.59 bits per heavy atom. The predicted molar refractivity (Wildman–Crippen MR) is 98.8 cm³/mol. The normalized spacial score (nSPS) is 17.1. The number of nitrogens with zero attached hydrogens (tertiary/aromatic N) is 2. The summed E-state index contributed by atoms with van der Waals surface area (Å²) >= 11 is 0. The van der Waals surface area contributed by atoms with Crippen molar-refractivity contribution in [1.82, 2.24) is 4.90 Å². The van der Waals surface area contributed by atoms with Gasteiger partial charge >= 0.3 is 6.09 Å². The van der Waals surface area contributed by atoms with E-state index in [9.17, 15) is 14.0 Å². The van der Waals surface area contributed by atoms with Crippen molar-refractivity contribution in [2.24, 2.45) is 0 Å². The maximum atomic E-state index is 13.6. The van der Waals surface area contributed by atoms with Crippen LogP contribution in [0.15, 0.2) is 48.5 Å². The number of fused-ring (bicyclic) bond motifs is 1. The molecule has 4 rings (SSSR count). The van der Waals surface area contributed by atoms with Crippen molar-refractivity contribution in [3.05, 3.63) is 65.5 Å². The van der Waals surface area contributed by atoms with Crippen LogP contribution in [0.5, 0.6) is 0 Å². The standard InChI is InChI=1S/C21H21FN2O3/c22-17-7-6-16-12-20(25)24(19(16)13-17)18-8-10-23(11-9-18)21(26)27-14-15-4-2-1-3-5-15/h1-7,13,18H,8-12,14H2. The van der Waals surface area contributed by atoms with Crippen molar-refractivity contribution >= 4 is 17.7 Å². The quantitative estimate of drug-likeness (QED) is 0.833. The average molecular weight is 368 g/mol. The summed E-state index contributed by atoms with van der Waals surface area (Å²) in [5.41, 5.74) is 2.48. The maximum Gasteiger partial charge on any atom is 0.410 e. The van der Waals surface area contributed by atoms with Crippen molar-refractivity contribution in [2.45, 2.75) is 31.9 Å². The van der Waals surface area contributed by atoms with Crippen LogP contribution in [-0.4, -0.2) is 36.0 Å². The van der Waals surface area contributed by atoms with Crippen LogP contribution in [0.3, 0.4) is 0 Å². The summed E-state index contributed by atoms with van der Waals surface area (Å²) < 4.78 is 19.0. The first-order valence-corrected chi connectivity index (χ1v) is 9.18. The minimum absolute atomic E-state index is 0.000652. The van der Waals surface area contributed by atoms with Crippen LogP contribution in [0.25, 0.3) is 0 Å². The molecular formula is C21H21FN2O3. The summed E-state index contributed by atoms with van der Waals surface area (Å²) in [7, 11) is 0. The number of carbonyl (C=O) groups is 2. The highest BCUT2D eigenvalue weighted by atomic mass is 19.1. The molecule has 27 heavy (non-hydrogen) atoms. The molecule has 0 aromatic heterocycles. The number of rotatable bonds is 3. The van der Waals surface area contributed by atoms with Gasteiger partial charge in [-0.3, -0.25) is 4.79 Å². The molecule has 2 aliphatic rings. The molecule has 0 unspecified atom stereocenters. The van der Waals surface area contributed by atoms with Crippen LogP contribution >= 0.6 is 0 Å². The third-order valence-corrected chi connectivity index (χ3v) is 5.21. The van der Waals surface area contributed by atoms with Crippen LogP contribution in [-0.2, 0) is 22.6 Å². The molecule has 1 saturated heterocycles. The van der Waals surface area contributed by atoms with Crippen LogP contribution in [0.2, 0.25) is 0 Å². The molecule has 0 spiro atoms. The van der Waals surface area contributed by atoms with E-state index in [0.29, 0.717) is 38.0 Å². The van der Waals surface area contributed by atoms with Gasteiger partial charge in [0, 0.05) is 19.1 Å². The van der Waals surface area contributed by atoms with Crippen LogP contribution in [0.1, 0.15) is 24.0 Å². The number of amides is 2. The number of halogens is 1. The Balaban J connectivity index is 1.35. The van der Waals surface area contributed by atoms with E-state index in [2.05, 4.69) is 0 Å². The van der Waals surface area contributed by atoms with Crippen LogP contribution < -0.4 is 4.90 Å². The van der Waals surface area contributed by atoms with Gasteiger partial charge in [0.15, 0.2) is 0 Å². The molecule has 2 heterocycles. The van der Waals surface area contributed by atoms with Crippen molar-refractivity contribution < 1.29 is 18.7 Å². The summed E-state index contributed by atoms with van der Waals surface area (Å²) in [6.45, 7) is 1.29. The topological polar surface area (TPSA) is 49.9 Å². The molecule has 2 amide bonds. The first kappa shape index (κ1) is 17.5. The fraction of sp³-hybridized carbons (Fsp3) is 0.333. The Morgan fingerprint density at radius 1 is 1.11 bits per heavy atom. The van der Waals surface area contributed by atoms with E-state index < -0.39 is 0 Å². The van der Waals surface area contributed by atoms with Gasteiger partial charge < -0.3 is 14.5 Å². The van der Waals surface area contributed by atoms with Gasteiger partial charge in [-0.2, -0.15) is 0 Å². The number of benzene rings is 2. The van der Waals surface area contributed by atoms with Gasteiger partial charge in [0.05, 0.1) is 12.1 Å². The van der Waals surface area contributed by atoms with Gasteiger partial charge in [-0.1, -0.05) is 36.4 Å². The lowest BCUT2D eigenvalue weighted by Gasteiger charge is -2.36. The Bertz CT molecular complexity index is 848. The van der Waals surface area contributed by atoms with Crippen molar-refractivity contribution in [1.29, 1.82) is 0 Å². The van der Waals surface area contributed by atoms with Crippen molar-refractivity contribution in [2.75, 3.05) is 18.0 Å². The second-order valence-corrected chi connectivity index (χ2v) is 6.97. The minimum Gasteiger partial charge on any atom is -0.445 e. The molecule has 1 fully saturated rings. The predicted octanol–water partition coefficient (Wildman–Crippen LogP) is 3.52. The minimum atomic E-state index is -0.338. The molecule has 5 nitrogen and oxygen atoms in total. The Morgan fingerprint density at radius 2 is 1.85 bits per heavy atom. The molecular weight excluding hydrogens is 347 g/mol. The molecule has 2 aromatic carbocycles. The summed E-state index contributed by atoms with van der Waals surface area (Å²) in [6, 6.07) is 14.0. The average Bonchev–Trinajstić information content (AvgIpc) is 3.02. The van der Waals surface area contributed by atoms with E-state index in [-0.39, 0.29) is 30.5 Å². The number of hydrogen-bond donors (Lipinski definition) is 0. The summed E-state index contributed by atoms with van der Waals surface area (Å²) in [5, 5.41) is 0. The second-order valence-electron chi connectivity index (χ2n) is 6.97. The molecule has 6 heteroatoms. The molecule has 0 radical (unpaired) electrons. The highest BCUT2D eigenvalue weighted by molar-refractivity contribution is 6.01. The SMILES string of the molecule is O=C(OCc1ccccc1)N1CCC(N2C(=O)Cc3ccc(F)cc32)CC1. The monoisotopic (exact) mass is 368 g/mol. The van der Waals surface area contributed by atoms with E-state index in [0.717, 1.165) is 11.1 Å². The molecule has 2 aliphatic heterocycles. The first-order chi connectivity index (χ1) is 13.1. The fourth-order valence-corrected chi connectivity index (χ4v) is 3.81. The molecule has 140 valence electrons. The lowest BCUT2D eigenvalue weighted by Crippen LogP contribution is -2.48. The zero-order valence-corrected chi connectivity index (χ0v) is 14.9. The summed E-state index contributed by atoms with van der Waals surface area (Å²) in [4.78, 5) is 28.1. The number of piperidine rings is 1. The van der Waals surface area contributed by atoms with Crippen LogP contribution in [0.4, 0.5) is 14.9 Å². The van der Waals surface area contributed by atoms with E-state index in [1.807, 2.05) is 30.3 Å². The number of ether oxygens (including phenoxy) is 1. The lowest BCUT2D eigenvalue weighted by molar-refractivity contribution is -0.118. The molecule has 0 atom stereocenters. The van der Waals surface area contributed by atoms with Gasteiger partial charge in [0.2, 0.25) is 5.91 Å². The fourth-order valence-electron chi connectivity index (χ4n) is 3.81. The molecule has 0 bridgehead atoms. The Hall–Kier alpha value is -2.89. The highest BCUT2D eigenvalue weighted by Gasteiger charge is 2.36. The van der Waals surface area contributed by atoms with Gasteiger partial charge in [-0.05, 0) is 36.1 Å². The Labute approximate surface area is 157 Å². The van der Waals surface area contributed by atoms with Crippen molar-refractivity contribution in [3.63, 3.8) is 0 Å². The maximum absolute atomic E-state index is 13.6. The zero-order valence-electron chi connectivity index (χ0n) is 14.9. The second kappa shape index (κ2) is 7.39. The van der Waals surface area contributed by atoms with E-state index >= 15 is 0 Å². The molecule has 0 N–H and O–H groups in total. The number of likely N-dealkylation sites (tertiary alicyclic amines) is 1. The lowest BCUT2D eigenvalue weighted by atomic mass is 10.0. The van der Waals surface area contributed by atoms with E-state index in [1.165, 1.54) is 12.1 Å². The van der Waals surface area contributed by atoms with E-state index in [4.69, 9.17) is 4.74 Å².